The number of urea groups is 1. The van der Waals surface area contributed by atoms with E-state index in [1.807, 2.05) is 0 Å². The molecule has 2 aromatic carbocycles. The fourth-order valence-electron chi connectivity index (χ4n) is 2.14. The van der Waals surface area contributed by atoms with Crippen LogP contribution in [0.3, 0.4) is 0 Å². The molecule has 0 spiro atoms. The summed E-state index contributed by atoms with van der Waals surface area (Å²) in [5, 5.41) is 10.3. The number of anilines is 2. The molecule has 27 heavy (non-hydrogen) atoms. The number of para-hydroxylation sites is 1. The predicted molar refractivity (Wildman–Crippen MR) is 101 cm³/mol. The highest BCUT2D eigenvalue weighted by Crippen LogP contribution is 2.12. The minimum Gasteiger partial charge on any atom is -0.350 e. The molecule has 0 aromatic heterocycles. The highest BCUT2D eigenvalue weighted by Gasteiger charge is 2.07. The quantitative estimate of drug-likeness (QED) is 0.562. The first-order valence-corrected chi connectivity index (χ1v) is 8.47. The van der Waals surface area contributed by atoms with E-state index in [4.69, 9.17) is 0 Å². The van der Waals surface area contributed by atoms with E-state index in [-0.39, 0.29) is 30.6 Å². The van der Waals surface area contributed by atoms with E-state index in [0.29, 0.717) is 17.7 Å². The van der Waals surface area contributed by atoms with Gasteiger partial charge in [0.1, 0.15) is 5.82 Å². The molecule has 4 amide bonds. The Kier molecular flexibility index (Phi) is 7.30. The molecule has 0 aliphatic carbocycles. The summed E-state index contributed by atoms with van der Waals surface area (Å²) < 4.78 is 13.4. The van der Waals surface area contributed by atoms with Gasteiger partial charge in [-0.3, -0.25) is 9.59 Å². The average molecular weight is 372 g/mol. The average Bonchev–Trinajstić information content (AvgIpc) is 2.67. The Hall–Kier alpha value is -3.42. The molecule has 2 aromatic rings. The Balaban J connectivity index is 1.72. The fourth-order valence-corrected chi connectivity index (χ4v) is 2.14. The SMILES string of the molecule is CCC(=O)Nc1ccc(C(=O)NCCNC(=O)Nc2ccccc2F)cc1. The maximum Gasteiger partial charge on any atom is 0.319 e. The van der Waals surface area contributed by atoms with Crippen molar-refractivity contribution in [3.63, 3.8) is 0 Å². The first-order valence-electron chi connectivity index (χ1n) is 8.47. The van der Waals surface area contributed by atoms with Gasteiger partial charge in [-0.1, -0.05) is 19.1 Å². The summed E-state index contributed by atoms with van der Waals surface area (Å²) in [5.41, 5.74) is 1.12. The van der Waals surface area contributed by atoms with E-state index in [2.05, 4.69) is 21.3 Å². The first-order chi connectivity index (χ1) is 13.0. The Morgan fingerprint density at radius 3 is 2.22 bits per heavy atom. The van der Waals surface area contributed by atoms with Gasteiger partial charge < -0.3 is 21.3 Å². The molecule has 0 fully saturated rings. The van der Waals surface area contributed by atoms with E-state index in [9.17, 15) is 18.8 Å². The number of nitrogens with one attached hydrogen (secondary N) is 4. The van der Waals surface area contributed by atoms with E-state index in [1.165, 1.54) is 18.2 Å². The molecule has 7 nitrogen and oxygen atoms in total. The zero-order valence-corrected chi connectivity index (χ0v) is 14.8. The van der Waals surface area contributed by atoms with Crippen LogP contribution in [0.1, 0.15) is 23.7 Å². The van der Waals surface area contributed by atoms with Crippen LogP contribution in [0.4, 0.5) is 20.6 Å². The number of carbonyl (C=O) groups excluding carboxylic acids is 3. The molecule has 2 rings (SSSR count). The van der Waals surface area contributed by atoms with Crippen molar-refractivity contribution >= 4 is 29.2 Å². The minimum atomic E-state index is -0.564. The van der Waals surface area contributed by atoms with Gasteiger partial charge in [-0.15, -0.1) is 0 Å². The molecule has 0 aliphatic heterocycles. The number of amides is 4. The van der Waals surface area contributed by atoms with Crippen molar-refractivity contribution in [2.45, 2.75) is 13.3 Å². The van der Waals surface area contributed by atoms with Gasteiger partial charge in [0, 0.05) is 30.8 Å². The number of rotatable bonds is 7. The molecule has 8 heteroatoms. The lowest BCUT2D eigenvalue weighted by Gasteiger charge is -2.09. The van der Waals surface area contributed by atoms with Gasteiger partial charge in [-0.05, 0) is 36.4 Å². The number of benzene rings is 2. The Morgan fingerprint density at radius 1 is 0.889 bits per heavy atom. The third-order valence-electron chi connectivity index (χ3n) is 3.57. The van der Waals surface area contributed by atoms with Crippen molar-refractivity contribution in [1.82, 2.24) is 10.6 Å². The zero-order valence-electron chi connectivity index (χ0n) is 14.8. The summed E-state index contributed by atoms with van der Waals surface area (Å²) in [6, 6.07) is 11.7. The zero-order chi connectivity index (χ0) is 19.6. The van der Waals surface area contributed by atoms with Crippen LogP contribution in [0.15, 0.2) is 48.5 Å². The topological polar surface area (TPSA) is 99.3 Å². The number of hydrogen-bond acceptors (Lipinski definition) is 3. The Bertz CT molecular complexity index is 809. The molecule has 0 atom stereocenters. The fraction of sp³-hybridized carbons (Fsp3) is 0.211. The van der Waals surface area contributed by atoms with Crippen LogP contribution in [-0.2, 0) is 4.79 Å². The van der Waals surface area contributed by atoms with E-state index < -0.39 is 11.8 Å². The third kappa shape index (κ3) is 6.43. The molecule has 4 N–H and O–H groups in total. The normalized spacial score (nSPS) is 10.0. The van der Waals surface area contributed by atoms with Crippen LogP contribution in [0.25, 0.3) is 0 Å². The van der Waals surface area contributed by atoms with E-state index in [0.717, 1.165) is 0 Å². The molecule has 0 bridgehead atoms. The van der Waals surface area contributed by atoms with E-state index >= 15 is 0 Å². The van der Waals surface area contributed by atoms with Crippen LogP contribution in [-0.4, -0.2) is 30.9 Å². The van der Waals surface area contributed by atoms with Crippen molar-refractivity contribution in [3.05, 3.63) is 59.9 Å². The summed E-state index contributed by atoms with van der Waals surface area (Å²) in [6.07, 6.45) is 0.375. The van der Waals surface area contributed by atoms with Gasteiger partial charge in [-0.25, -0.2) is 9.18 Å². The Morgan fingerprint density at radius 2 is 1.56 bits per heavy atom. The van der Waals surface area contributed by atoms with Gasteiger partial charge >= 0.3 is 6.03 Å². The largest absolute Gasteiger partial charge is 0.350 e. The second-order valence-corrected chi connectivity index (χ2v) is 5.60. The van der Waals surface area contributed by atoms with Crippen molar-refractivity contribution in [3.8, 4) is 0 Å². The molecule has 142 valence electrons. The minimum absolute atomic E-state index is 0.0780. The smallest absolute Gasteiger partial charge is 0.319 e. The van der Waals surface area contributed by atoms with Crippen molar-refractivity contribution in [1.29, 1.82) is 0 Å². The van der Waals surface area contributed by atoms with Crippen LogP contribution in [0.5, 0.6) is 0 Å². The van der Waals surface area contributed by atoms with Crippen molar-refractivity contribution in [2.75, 3.05) is 23.7 Å². The van der Waals surface area contributed by atoms with Crippen molar-refractivity contribution in [2.24, 2.45) is 0 Å². The number of hydrogen-bond donors (Lipinski definition) is 4. The van der Waals surface area contributed by atoms with Gasteiger partial charge in [0.25, 0.3) is 5.91 Å². The number of halogens is 1. The second kappa shape index (κ2) is 9.91. The van der Waals surface area contributed by atoms with Crippen LogP contribution in [0, 0.1) is 5.82 Å². The summed E-state index contributed by atoms with van der Waals surface area (Å²) >= 11 is 0. The van der Waals surface area contributed by atoms with Gasteiger partial charge in [0.15, 0.2) is 0 Å². The maximum atomic E-state index is 13.4. The Labute approximate surface area is 156 Å². The lowest BCUT2D eigenvalue weighted by Crippen LogP contribution is -2.36. The lowest BCUT2D eigenvalue weighted by atomic mass is 10.2. The third-order valence-corrected chi connectivity index (χ3v) is 3.57. The van der Waals surface area contributed by atoms with Crippen LogP contribution in [0.2, 0.25) is 0 Å². The van der Waals surface area contributed by atoms with Gasteiger partial charge in [0.2, 0.25) is 5.91 Å². The molecular formula is C19H21FN4O3. The first kappa shape index (κ1) is 19.9. The molecule has 0 heterocycles. The van der Waals surface area contributed by atoms with Crippen LogP contribution >= 0.6 is 0 Å². The van der Waals surface area contributed by atoms with Crippen molar-refractivity contribution < 1.29 is 18.8 Å². The standard InChI is InChI=1S/C19H21FN4O3/c1-2-17(25)23-14-9-7-13(8-10-14)18(26)21-11-12-22-19(27)24-16-6-4-3-5-15(16)20/h3-10H,2,11-12H2,1H3,(H,21,26)(H,23,25)(H2,22,24,27). The highest BCUT2D eigenvalue weighted by molar-refractivity contribution is 5.95. The summed E-state index contributed by atoms with van der Waals surface area (Å²) in [7, 11) is 0. The maximum absolute atomic E-state index is 13.4. The molecule has 0 unspecified atom stereocenters. The monoisotopic (exact) mass is 372 g/mol. The number of carbonyl (C=O) groups is 3. The highest BCUT2D eigenvalue weighted by atomic mass is 19.1. The van der Waals surface area contributed by atoms with Gasteiger partial charge in [0.05, 0.1) is 5.69 Å². The van der Waals surface area contributed by atoms with Crippen LogP contribution < -0.4 is 21.3 Å². The molecule has 0 aliphatic rings. The molecule has 0 saturated carbocycles. The molecule has 0 saturated heterocycles. The summed E-state index contributed by atoms with van der Waals surface area (Å²) in [5.74, 6) is -0.939. The summed E-state index contributed by atoms with van der Waals surface area (Å²) in [4.78, 5) is 35.0. The summed E-state index contributed by atoms with van der Waals surface area (Å²) in [6.45, 7) is 2.14. The van der Waals surface area contributed by atoms with E-state index in [1.54, 1.807) is 37.3 Å². The molecule has 0 radical (unpaired) electrons. The van der Waals surface area contributed by atoms with Gasteiger partial charge in [-0.2, -0.15) is 0 Å². The second-order valence-electron chi connectivity index (χ2n) is 5.60. The molecular weight excluding hydrogens is 351 g/mol. The lowest BCUT2D eigenvalue weighted by molar-refractivity contribution is -0.115. The predicted octanol–water partition coefficient (Wildman–Crippen LogP) is 2.73.